The van der Waals surface area contributed by atoms with Crippen molar-refractivity contribution in [1.29, 1.82) is 0 Å². The lowest BCUT2D eigenvalue weighted by Gasteiger charge is -2.31. The molecule has 192 valence electrons. The Morgan fingerprint density at radius 3 is 2.26 bits per heavy atom. The van der Waals surface area contributed by atoms with Crippen molar-refractivity contribution in [1.82, 2.24) is 10.2 Å². The number of benzene rings is 2. The number of ether oxygens (including phenoxy) is 1. The highest BCUT2D eigenvalue weighted by molar-refractivity contribution is 7.92. The zero-order valence-electron chi connectivity index (χ0n) is 21.4. The summed E-state index contributed by atoms with van der Waals surface area (Å²) in [5.41, 5.74) is 2.23. The fourth-order valence-electron chi connectivity index (χ4n) is 3.53. The number of nitrogens with one attached hydrogen (secondary N) is 1. The molecule has 2 amide bonds. The average molecular weight is 504 g/mol. The molecule has 0 saturated carbocycles. The molecule has 0 saturated heterocycles. The van der Waals surface area contributed by atoms with Gasteiger partial charge < -0.3 is 15.0 Å². The maximum Gasteiger partial charge on any atom is 0.244 e. The van der Waals surface area contributed by atoms with Crippen LogP contribution in [0, 0.1) is 12.8 Å². The highest BCUT2D eigenvalue weighted by Gasteiger charge is 2.30. The Bertz CT molecular complexity index is 1100. The minimum Gasteiger partial charge on any atom is -0.494 e. The molecule has 0 aliphatic heterocycles. The van der Waals surface area contributed by atoms with Crippen LogP contribution in [-0.2, 0) is 26.2 Å². The number of nitrogens with zero attached hydrogens (tertiary/aromatic N) is 2. The van der Waals surface area contributed by atoms with E-state index >= 15 is 0 Å². The first-order valence-corrected chi connectivity index (χ1v) is 13.6. The summed E-state index contributed by atoms with van der Waals surface area (Å²) in [6.07, 6.45) is 1.06. The van der Waals surface area contributed by atoms with Crippen LogP contribution >= 0.6 is 0 Å². The van der Waals surface area contributed by atoms with Gasteiger partial charge in [0.15, 0.2) is 0 Å². The molecule has 0 spiro atoms. The van der Waals surface area contributed by atoms with Crippen LogP contribution in [0.15, 0.2) is 48.5 Å². The van der Waals surface area contributed by atoms with Gasteiger partial charge in [0.05, 0.1) is 18.6 Å². The number of anilines is 1. The quantitative estimate of drug-likeness (QED) is 0.479. The molecular formula is C26H37N3O5S. The summed E-state index contributed by atoms with van der Waals surface area (Å²) in [5, 5.41) is 2.87. The van der Waals surface area contributed by atoms with Crippen LogP contribution in [-0.4, -0.2) is 57.1 Å². The van der Waals surface area contributed by atoms with Crippen molar-refractivity contribution in [3.63, 3.8) is 0 Å². The van der Waals surface area contributed by atoms with Gasteiger partial charge in [-0.3, -0.25) is 13.9 Å². The number of amides is 2. The van der Waals surface area contributed by atoms with E-state index in [-0.39, 0.29) is 18.4 Å². The van der Waals surface area contributed by atoms with E-state index in [9.17, 15) is 18.0 Å². The zero-order chi connectivity index (χ0) is 26.2. The minimum absolute atomic E-state index is 0.178. The molecule has 0 unspecified atom stereocenters. The van der Waals surface area contributed by atoms with E-state index in [1.54, 1.807) is 31.2 Å². The van der Waals surface area contributed by atoms with Gasteiger partial charge in [0.2, 0.25) is 21.8 Å². The number of sulfonamides is 1. The van der Waals surface area contributed by atoms with E-state index in [1.165, 1.54) is 4.90 Å². The second kappa shape index (κ2) is 12.6. The molecule has 0 aromatic heterocycles. The first-order chi connectivity index (χ1) is 16.4. The van der Waals surface area contributed by atoms with Gasteiger partial charge in [0.1, 0.15) is 18.3 Å². The molecule has 0 aliphatic rings. The molecule has 0 fully saturated rings. The van der Waals surface area contributed by atoms with Gasteiger partial charge in [-0.05, 0) is 56.5 Å². The number of hydrogen-bond donors (Lipinski definition) is 1. The fourth-order valence-corrected chi connectivity index (χ4v) is 4.38. The van der Waals surface area contributed by atoms with E-state index in [0.717, 1.165) is 21.7 Å². The molecule has 8 nitrogen and oxygen atoms in total. The van der Waals surface area contributed by atoms with Crippen molar-refractivity contribution < 1.29 is 22.7 Å². The zero-order valence-corrected chi connectivity index (χ0v) is 22.3. The molecule has 9 heteroatoms. The lowest BCUT2D eigenvalue weighted by Crippen LogP contribution is -2.51. The second-order valence-electron chi connectivity index (χ2n) is 9.02. The lowest BCUT2D eigenvalue weighted by atomic mass is 10.1. The van der Waals surface area contributed by atoms with Gasteiger partial charge >= 0.3 is 0 Å². The average Bonchev–Trinajstić information content (AvgIpc) is 2.79. The van der Waals surface area contributed by atoms with E-state index in [4.69, 9.17) is 4.74 Å². The molecule has 0 aliphatic carbocycles. The van der Waals surface area contributed by atoms with Crippen molar-refractivity contribution in [3.8, 4) is 5.75 Å². The van der Waals surface area contributed by atoms with Crippen LogP contribution in [0.3, 0.4) is 0 Å². The van der Waals surface area contributed by atoms with Gasteiger partial charge in [-0.1, -0.05) is 43.7 Å². The van der Waals surface area contributed by atoms with Crippen molar-refractivity contribution in [2.75, 3.05) is 30.3 Å². The van der Waals surface area contributed by atoms with Gasteiger partial charge in [0.25, 0.3) is 0 Å². The third-order valence-corrected chi connectivity index (χ3v) is 6.54. The summed E-state index contributed by atoms with van der Waals surface area (Å²) in [5.74, 6) is 0.102. The Labute approximate surface area is 209 Å². The molecular weight excluding hydrogens is 466 g/mol. The van der Waals surface area contributed by atoms with Crippen molar-refractivity contribution >= 4 is 27.5 Å². The SMILES string of the molecule is CCOc1ccc(N(CC(=O)N(Cc2cccc(C)c2)[C@@H](C)C(=O)NCC(C)C)S(C)(=O)=O)cc1. The minimum atomic E-state index is -3.77. The summed E-state index contributed by atoms with van der Waals surface area (Å²) in [6, 6.07) is 13.4. The summed E-state index contributed by atoms with van der Waals surface area (Å²) < 4.78 is 31.7. The standard InChI is InChI=1S/C26H37N3O5S/c1-7-34-24-13-11-23(12-14-24)29(35(6,32)33)18-25(30)28(17-22-10-8-9-20(4)15-22)21(5)26(31)27-16-19(2)3/h8-15,19,21H,7,16-18H2,1-6H3,(H,27,31)/t21-/m0/s1. The summed E-state index contributed by atoms with van der Waals surface area (Å²) in [6.45, 7) is 10.2. The Hall–Kier alpha value is -3.07. The third kappa shape index (κ3) is 8.58. The molecule has 0 heterocycles. The largest absolute Gasteiger partial charge is 0.494 e. The fraction of sp³-hybridized carbons (Fsp3) is 0.462. The van der Waals surface area contributed by atoms with Crippen molar-refractivity contribution in [2.24, 2.45) is 5.92 Å². The number of aryl methyl sites for hydroxylation is 1. The number of rotatable bonds is 12. The first kappa shape index (κ1) is 28.2. The number of hydrogen-bond acceptors (Lipinski definition) is 5. The van der Waals surface area contributed by atoms with Crippen LogP contribution < -0.4 is 14.4 Å². The van der Waals surface area contributed by atoms with Gasteiger partial charge in [-0.15, -0.1) is 0 Å². The monoisotopic (exact) mass is 503 g/mol. The normalized spacial score (nSPS) is 12.2. The van der Waals surface area contributed by atoms with E-state index in [0.29, 0.717) is 24.6 Å². The van der Waals surface area contributed by atoms with E-state index in [2.05, 4.69) is 5.32 Å². The predicted octanol–water partition coefficient (Wildman–Crippen LogP) is 3.35. The van der Waals surface area contributed by atoms with E-state index < -0.39 is 28.5 Å². The Morgan fingerprint density at radius 2 is 1.71 bits per heavy atom. The summed E-state index contributed by atoms with van der Waals surface area (Å²) >= 11 is 0. The first-order valence-electron chi connectivity index (χ1n) is 11.8. The van der Waals surface area contributed by atoms with Crippen LogP contribution in [0.2, 0.25) is 0 Å². The maximum atomic E-state index is 13.5. The molecule has 2 aromatic carbocycles. The maximum absolute atomic E-state index is 13.5. The van der Waals surface area contributed by atoms with Gasteiger partial charge in [-0.2, -0.15) is 0 Å². The highest BCUT2D eigenvalue weighted by Crippen LogP contribution is 2.22. The number of carbonyl (C=O) groups excluding carboxylic acids is 2. The third-order valence-electron chi connectivity index (χ3n) is 5.40. The molecule has 0 radical (unpaired) electrons. The van der Waals surface area contributed by atoms with Crippen molar-refractivity contribution in [3.05, 3.63) is 59.7 Å². The summed E-state index contributed by atoms with van der Waals surface area (Å²) in [4.78, 5) is 27.8. The predicted molar refractivity (Wildman–Crippen MR) is 139 cm³/mol. The molecule has 2 rings (SSSR count). The number of carbonyl (C=O) groups is 2. The molecule has 35 heavy (non-hydrogen) atoms. The van der Waals surface area contributed by atoms with Crippen LogP contribution in [0.4, 0.5) is 5.69 Å². The molecule has 0 bridgehead atoms. The molecule has 1 N–H and O–H groups in total. The Kier molecular flexibility index (Phi) is 10.1. The summed E-state index contributed by atoms with van der Waals surface area (Å²) in [7, 11) is -3.77. The molecule has 2 aromatic rings. The highest BCUT2D eigenvalue weighted by atomic mass is 32.2. The van der Waals surface area contributed by atoms with Crippen LogP contribution in [0.1, 0.15) is 38.8 Å². The van der Waals surface area contributed by atoms with Crippen molar-refractivity contribution in [2.45, 2.75) is 47.2 Å². The van der Waals surface area contributed by atoms with Crippen LogP contribution in [0.25, 0.3) is 0 Å². The lowest BCUT2D eigenvalue weighted by molar-refractivity contribution is -0.139. The smallest absolute Gasteiger partial charge is 0.244 e. The Balaban J connectivity index is 2.35. The van der Waals surface area contributed by atoms with E-state index in [1.807, 2.05) is 52.0 Å². The van der Waals surface area contributed by atoms with Crippen LogP contribution in [0.5, 0.6) is 5.75 Å². The molecule has 1 atom stereocenters. The van der Waals surface area contributed by atoms with Gasteiger partial charge in [-0.25, -0.2) is 8.42 Å². The Morgan fingerprint density at radius 1 is 1.06 bits per heavy atom. The van der Waals surface area contributed by atoms with Gasteiger partial charge in [0, 0.05) is 13.1 Å². The second-order valence-corrected chi connectivity index (χ2v) is 10.9. The topological polar surface area (TPSA) is 96.0 Å².